The predicted octanol–water partition coefficient (Wildman–Crippen LogP) is 5.71. The van der Waals surface area contributed by atoms with E-state index in [0.717, 1.165) is 22.0 Å². The topological polar surface area (TPSA) is 88.2 Å². The van der Waals surface area contributed by atoms with Gasteiger partial charge in [0.05, 0.1) is 16.0 Å². The van der Waals surface area contributed by atoms with Crippen LogP contribution in [0.1, 0.15) is 23.2 Å². The lowest BCUT2D eigenvalue weighted by Gasteiger charge is -2.11. The Morgan fingerprint density at radius 2 is 1.67 bits per heavy atom. The van der Waals surface area contributed by atoms with Gasteiger partial charge in [-0.2, -0.15) is 0 Å². The van der Waals surface area contributed by atoms with Crippen molar-refractivity contribution in [1.82, 2.24) is 4.98 Å². The molecule has 2 N–H and O–H groups in total. The number of hydrogen-bond donors (Lipinski definition) is 2. The van der Waals surface area contributed by atoms with Gasteiger partial charge in [0.1, 0.15) is 0 Å². The molecule has 166 valence electrons. The molecule has 6 nitrogen and oxygen atoms in total. The Labute approximate surface area is 196 Å². The molecule has 0 unspecified atom stereocenters. The lowest BCUT2D eigenvalue weighted by Crippen LogP contribution is -2.17. The Bertz CT molecular complexity index is 1460. The van der Waals surface area contributed by atoms with Crippen molar-refractivity contribution in [3.8, 4) is 11.3 Å². The zero-order chi connectivity index (χ0) is 23.0. The standard InChI is InChI=1S/C25H20ClN3O3S/c26-23-12-9-19(15-22(23)24-21-4-2-1-3-16(21)13-14-27-24)28-25(30)17-5-7-18(8-6-17)29-33(31,32)20-10-11-20/h1-9,12-15,20,29H,10-11H2,(H,28,30). The Morgan fingerprint density at radius 3 is 2.42 bits per heavy atom. The third-order valence-electron chi connectivity index (χ3n) is 5.52. The minimum atomic E-state index is -3.34. The molecule has 8 heteroatoms. The fraction of sp³-hybridized carbons (Fsp3) is 0.120. The van der Waals surface area contributed by atoms with Crippen LogP contribution in [-0.2, 0) is 10.0 Å². The summed E-state index contributed by atoms with van der Waals surface area (Å²) in [6.07, 6.45) is 3.11. The molecule has 5 rings (SSSR count). The molecule has 1 aliphatic rings. The number of halogens is 1. The number of anilines is 2. The van der Waals surface area contributed by atoms with E-state index < -0.39 is 10.0 Å². The first kappa shape index (κ1) is 21.4. The van der Waals surface area contributed by atoms with E-state index >= 15 is 0 Å². The van der Waals surface area contributed by atoms with E-state index in [9.17, 15) is 13.2 Å². The normalized spacial score (nSPS) is 13.6. The van der Waals surface area contributed by atoms with E-state index in [-0.39, 0.29) is 11.2 Å². The van der Waals surface area contributed by atoms with Crippen molar-refractivity contribution in [2.45, 2.75) is 18.1 Å². The summed E-state index contributed by atoms with van der Waals surface area (Å²) in [6, 6.07) is 21.4. The molecule has 4 aromatic rings. The van der Waals surface area contributed by atoms with Gasteiger partial charge in [-0.05, 0) is 66.8 Å². The number of sulfonamides is 1. The summed E-state index contributed by atoms with van der Waals surface area (Å²) in [5.41, 5.74) is 2.88. The first-order valence-corrected chi connectivity index (χ1v) is 12.4. The SMILES string of the molecule is O=C(Nc1ccc(Cl)c(-c2nccc3ccccc23)c1)c1ccc(NS(=O)(=O)C2CC2)cc1. The van der Waals surface area contributed by atoms with Crippen LogP contribution in [0.4, 0.5) is 11.4 Å². The summed E-state index contributed by atoms with van der Waals surface area (Å²) in [6.45, 7) is 0. The molecule has 0 bridgehead atoms. The van der Waals surface area contributed by atoms with Crippen LogP contribution in [0.25, 0.3) is 22.0 Å². The molecule has 33 heavy (non-hydrogen) atoms. The number of benzene rings is 3. The predicted molar refractivity (Wildman–Crippen MR) is 132 cm³/mol. The Kier molecular flexibility index (Phi) is 5.52. The van der Waals surface area contributed by atoms with Gasteiger partial charge in [-0.1, -0.05) is 35.9 Å². The van der Waals surface area contributed by atoms with Crippen LogP contribution in [-0.4, -0.2) is 24.6 Å². The van der Waals surface area contributed by atoms with E-state index in [4.69, 9.17) is 11.6 Å². The maximum Gasteiger partial charge on any atom is 0.255 e. The number of carbonyl (C=O) groups is 1. The van der Waals surface area contributed by atoms with Crippen LogP contribution in [0.5, 0.6) is 0 Å². The van der Waals surface area contributed by atoms with Crippen molar-refractivity contribution in [2.75, 3.05) is 10.0 Å². The minimum Gasteiger partial charge on any atom is -0.322 e. The van der Waals surface area contributed by atoms with Crippen LogP contribution < -0.4 is 10.0 Å². The molecule has 1 saturated carbocycles. The lowest BCUT2D eigenvalue weighted by molar-refractivity contribution is 0.102. The maximum absolute atomic E-state index is 12.8. The van der Waals surface area contributed by atoms with Crippen molar-refractivity contribution in [1.29, 1.82) is 0 Å². The molecule has 0 saturated heterocycles. The van der Waals surface area contributed by atoms with Crippen molar-refractivity contribution < 1.29 is 13.2 Å². The molecule has 0 radical (unpaired) electrons. The van der Waals surface area contributed by atoms with Gasteiger partial charge in [0.15, 0.2) is 0 Å². The molecule has 0 spiro atoms. The number of aromatic nitrogens is 1. The molecule has 0 aliphatic heterocycles. The van der Waals surface area contributed by atoms with E-state index in [1.165, 1.54) is 0 Å². The monoisotopic (exact) mass is 477 g/mol. The quantitative estimate of drug-likeness (QED) is 0.372. The average Bonchev–Trinajstić information content (AvgIpc) is 3.67. The number of amides is 1. The number of fused-ring (bicyclic) bond motifs is 1. The summed E-state index contributed by atoms with van der Waals surface area (Å²) in [7, 11) is -3.34. The highest BCUT2D eigenvalue weighted by Gasteiger charge is 2.35. The molecular formula is C25H20ClN3O3S. The molecule has 1 fully saturated rings. The van der Waals surface area contributed by atoms with Crippen LogP contribution in [0, 0.1) is 0 Å². The lowest BCUT2D eigenvalue weighted by atomic mass is 10.0. The highest BCUT2D eigenvalue weighted by Crippen LogP contribution is 2.34. The molecular weight excluding hydrogens is 458 g/mol. The Balaban J connectivity index is 1.37. The maximum atomic E-state index is 12.8. The molecule has 3 aromatic carbocycles. The number of hydrogen-bond acceptors (Lipinski definition) is 4. The van der Waals surface area contributed by atoms with Crippen molar-refractivity contribution >= 4 is 49.7 Å². The van der Waals surface area contributed by atoms with Crippen LogP contribution >= 0.6 is 11.6 Å². The third kappa shape index (κ3) is 4.55. The fourth-order valence-corrected chi connectivity index (χ4v) is 5.23. The van der Waals surface area contributed by atoms with Gasteiger partial charge in [-0.25, -0.2) is 8.42 Å². The number of pyridine rings is 1. The van der Waals surface area contributed by atoms with Gasteiger partial charge in [0.2, 0.25) is 10.0 Å². The second kappa shape index (κ2) is 8.50. The summed E-state index contributed by atoms with van der Waals surface area (Å²) in [4.78, 5) is 17.3. The second-order valence-electron chi connectivity index (χ2n) is 7.95. The van der Waals surface area contributed by atoms with Crippen molar-refractivity contribution in [3.05, 3.63) is 89.6 Å². The van der Waals surface area contributed by atoms with Gasteiger partial charge in [-0.15, -0.1) is 0 Å². The van der Waals surface area contributed by atoms with E-state index in [0.29, 0.717) is 34.8 Å². The zero-order valence-corrected chi connectivity index (χ0v) is 19.0. The first-order chi connectivity index (χ1) is 15.9. The number of carbonyl (C=O) groups excluding carboxylic acids is 1. The van der Waals surface area contributed by atoms with Gasteiger partial charge in [-0.3, -0.25) is 14.5 Å². The highest BCUT2D eigenvalue weighted by molar-refractivity contribution is 7.93. The van der Waals surface area contributed by atoms with E-state index in [2.05, 4.69) is 15.0 Å². The smallest absolute Gasteiger partial charge is 0.255 e. The summed E-state index contributed by atoms with van der Waals surface area (Å²) >= 11 is 6.47. The van der Waals surface area contributed by atoms with Gasteiger partial charge in [0, 0.05) is 34.1 Å². The van der Waals surface area contributed by atoms with Crippen LogP contribution in [0.15, 0.2) is 79.0 Å². The van der Waals surface area contributed by atoms with Crippen LogP contribution in [0.2, 0.25) is 5.02 Å². The summed E-state index contributed by atoms with van der Waals surface area (Å²) in [5, 5.41) is 5.11. The summed E-state index contributed by atoms with van der Waals surface area (Å²) < 4.78 is 26.7. The number of nitrogens with zero attached hydrogens (tertiary/aromatic N) is 1. The number of rotatable bonds is 6. The van der Waals surface area contributed by atoms with Crippen molar-refractivity contribution in [2.24, 2.45) is 0 Å². The largest absolute Gasteiger partial charge is 0.322 e. The highest BCUT2D eigenvalue weighted by atomic mass is 35.5. The molecule has 1 heterocycles. The van der Waals surface area contributed by atoms with Crippen molar-refractivity contribution in [3.63, 3.8) is 0 Å². The summed E-state index contributed by atoms with van der Waals surface area (Å²) in [5.74, 6) is -0.314. The molecule has 1 aromatic heterocycles. The second-order valence-corrected chi connectivity index (χ2v) is 10.3. The Hall–Kier alpha value is -3.42. The van der Waals surface area contributed by atoms with Crippen LogP contribution in [0.3, 0.4) is 0 Å². The molecule has 1 amide bonds. The van der Waals surface area contributed by atoms with E-state index in [1.54, 1.807) is 48.7 Å². The Morgan fingerprint density at radius 1 is 0.939 bits per heavy atom. The average molecular weight is 478 g/mol. The minimum absolute atomic E-state index is 0.309. The third-order valence-corrected chi connectivity index (χ3v) is 7.72. The zero-order valence-electron chi connectivity index (χ0n) is 17.5. The van der Waals surface area contributed by atoms with Gasteiger partial charge < -0.3 is 5.32 Å². The first-order valence-electron chi connectivity index (χ1n) is 10.5. The van der Waals surface area contributed by atoms with Gasteiger partial charge >= 0.3 is 0 Å². The molecule has 1 aliphatic carbocycles. The fourth-order valence-electron chi connectivity index (χ4n) is 3.64. The number of nitrogens with one attached hydrogen (secondary N) is 2. The van der Waals surface area contributed by atoms with E-state index in [1.807, 2.05) is 30.3 Å². The van der Waals surface area contributed by atoms with Gasteiger partial charge in [0.25, 0.3) is 5.91 Å². The molecule has 0 atom stereocenters.